The molecule has 1 atom stereocenters. The van der Waals surface area contributed by atoms with Crippen LogP contribution >= 0.6 is 0 Å². The molecule has 0 amide bonds. The van der Waals surface area contributed by atoms with Crippen molar-refractivity contribution in [2.45, 2.75) is 26.3 Å². The number of rotatable bonds is 11. The van der Waals surface area contributed by atoms with Gasteiger partial charge in [-0.25, -0.2) is 4.79 Å². The van der Waals surface area contributed by atoms with Crippen LogP contribution in [0.5, 0.6) is 5.75 Å². The number of hydrogen-bond acceptors (Lipinski definition) is 6. The molecule has 1 saturated carbocycles. The largest absolute Gasteiger partial charge is 0.493 e. The second-order valence-corrected chi connectivity index (χ2v) is 6.07. The van der Waals surface area contributed by atoms with Crippen LogP contribution in [0.25, 0.3) is 0 Å². The molecule has 0 heterocycles. The Hall–Kier alpha value is -1.52. The van der Waals surface area contributed by atoms with Crippen LogP contribution < -0.4 is 4.74 Å². The molecular weight excluding hydrogens is 338 g/mol. The molecule has 1 aliphatic rings. The summed E-state index contributed by atoms with van der Waals surface area (Å²) in [6.07, 6.45) is 2.24. The van der Waals surface area contributed by atoms with Crippen LogP contribution in [-0.2, 0) is 26.9 Å². The lowest BCUT2D eigenvalue weighted by molar-refractivity contribution is -0.193. The number of carbonyl (C=O) groups is 1. The Morgan fingerprint density at radius 1 is 1.42 bits per heavy atom. The first-order chi connectivity index (χ1) is 11.5. The minimum absolute atomic E-state index is 0.139. The van der Waals surface area contributed by atoms with Crippen molar-refractivity contribution in [1.29, 1.82) is 0 Å². The summed E-state index contributed by atoms with van der Waals surface area (Å²) in [5.74, 6) is -0.0374. The van der Waals surface area contributed by atoms with E-state index in [1.165, 1.54) is 17.2 Å². The van der Waals surface area contributed by atoms with E-state index in [1.807, 2.05) is 0 Å². The van der Waals surface area contributed by atoms with Crippen LogP contribution in [0.15, 0.2) is 18.2 Å². The van der Waals surface area contributed by atoms with Crippen molar-refractivity contribution in [3.63, 3.8) is 0 Å². The fourth-order valence-electron chi connectivity index (χ4n) is 2.05. The molecule has 1 unspecified atom stereocenters. The molecule has 0 aliphatic heterocycles. The number of benzene rings is 1. The third-order valence-corrected chi connectivity index (χ3v) is 3.75. The second-order valence-electron chi connectivity index (χ2n) is 5.40. The Morgan fingerprint density at radius 2 is 2.17 bits per heavy atom. The molecule has 8 nitrogen and oxygen atoms in total. The summed E-state index contributed by atoms with van der Waals surface area (Å²) in [6, 6.07) is 4.61. The molecule has 1 fully saturated rings. The standard InChI is InChI=1S/C15H21NO7S/c1-2-22-16(10-23-24(19)20)8-13-6-5-12(15(17)18)7-14(13)21-9-11-3-4-11/h5-7,11H,2-4,8-10H2,1H3,(H,17,18)(H,19,20). The lowest BCUT2D eigenvalue weighted by Crippen LogP contribution is -2.27. The van der Waals surface area contributed by atoms with Gasteiger partial charge in [0.05, 0.1) is 25.3 Å². The highest BCUT2D eigenvalue weighted by Crippen LogP contribution is 2.31. The molecule has 0 saturated heterocycles. The van der Waals surface area contributed by atoms with Gasteiger partial charge in [0.2, 0.25) is 0 Å². The van der Waals surface area contributed by atoms with Crippen molar-refractivity contribution in [3.05, 3.63) is 29.3 Å². The van der Waals surface area contributed by atoms with Crippen molar-refractivity contribution in [2.24, 2.45) is 5.92 Å². The van der Waals surface area contributed by atoms with Gasteiger partial charge in [-0.05, 0) is 37.8 Å². The normalized spacial score (nSPS) is 15.5. The van der Waals surface area contributed by atoms with Crippen molar-refractivity contribution in [3.8, 4) is 5.75 Å². The average molecular weight is 359 g/mol. The number of hydroxylamine groups is 2. The highest BCUT2D eigenvalue weighted by Gasteiger charge is 2.23. The molecule has 1 aromatic rings. The summed E-state index contributed by atoms with van der Waals surface area (Å²) in [5.41, 5.74) is 0.849. The van der Waals surface area contributed by atoms with Gasteiger partial charge in [0.25, 0.3) is 0 Å². The van der Waals surface area contributed by atoms with Crippen molar-refractivity contribution < 1.29 is 32.4 Å². The lowest BCUT2D eigenvalue weighted by atomic mass is 10.1. The van der Waals surface area contributed by atoms with Gasteiger partial charge >= 0.3 is 17.3 Å². The number of carboxylic acids is 1. The van der Waals surface area contributed by atoms with Gasteiger partial charge in [0.15, 0.2) is 0 Å². The maximum atomic E-state index is 11.1. The number of hydrogen-bond donors (Lipinski definition) is 2. The minimum atomic E-state index is -2.39. The van der Waals surface area contributed by atoms with Gasteiger partial charge in [-0.3, -0.25) is 13.6 Å². The maximum Gasteiger partial charge on any atom is 0.335 e. The smallest absolute Gasteiger partial charge is 0.335 e. The van der Waals surface area contributed by atoms with Crippen LogP contribution in [0.2, 0.25) is 0 Å². The van der Waals surface area contributed by atoms with Crippen LogP contribution in [0.1, 0.15) is 35.7 Å². The number of ether oxygens (including phenoxy) is 1. The van der Waals surface area contributed by atoms with Crippen molar-refractivity contribution in [2.75, 3.05) is 19.9 Å². The topological polar surface area (TPSA) is 106 Å². The highest BCUT2D eigenvalue weighted by molar-refractivity contribution is 7.74. The maximum absolute atomic E-state index is 11.1. The van der Waals surface area contributed by atoms with E-state index >= 15 is 0 Å². The lowest BCUT2D eigenvalue weighted by Gasteiger charge is -2.21. The predicted molar refractivity (Wildman–Crippen MR) is 85.5 cm³/mol. The molecule has 0 bridgehead atoms. The van der Waals surface area contributed by atoms with Crippen molar-refractivity contribution in [1.82, 2.24) is 5.06 Å². The monoisotopic (exact) mass is 359 g/mol. The van der Waals surface area contributed by atoms with E-state index in [4.69, 9.17) is 19.2 Å². The summed E-state index contributed by atoms with van der Waals surface area (Å²) >= 11 is -2.39. The van der Waals surface area contributed by atoms with Gasteiger partial charge in [-0.15, -0.1) is 0 Å². The molecule has 9 heteroatoms. The van der Waals surface area contributed by atoms with Crippen LogP contribution in [0.3, 0.4) is 0 Å². The zero-order valence-electron chi connectivity index (χ0n) is 13.3. The predicted octanol–water partition coefficient (Wildman–Crippen LogP) is 2.04. The first-order valence-electron chi connectivity index (χ1n) is 7.60. The van der Waals surface area contributed by atoms with Gasteiger partial charge in [0.1, 0.15) is 12.5 Å². The summed E-state index contributed by atoms with van der Waals surface area (Å²) in [7, 11) is 0. The zero-order valence-corrected chi connectivity index (χ0v) is 14.2. The third kappa shape index (κ3) is 6.17. The van der Waals surface area contributed by atoms with Gasteiger partial charge in [-0.2, -0.15) is 9.27 Å². The van der Waals surface area contributed by atoms with Gasteiger partial charge in [0, 0.05) is 5.56 Å². The molecule has 2 rings (SSSR count). The van der Waals surface area contributed by atoms with E-state index < -0.39 is 17.3 Å². The Kier molecular flexibility index (Phi) is 7.13. The number of carboxylic acid groups (broad SMARTS) is 1. The Labute approximate surface area is 142 Å². The zero-order chi connectivity index (χ0) is 17.5. The molecule has 2 N–H and O–H groups in total. The van der Waals surface area contributed by atoms with E-state index in [-0.39, 0.29) is 18.8 Å². The molecule has 134 valence electrons. The number of nitrogens with zero attached hydrogens (tertiary/aromatic N) is 1. The molecule has 0 spiro atoms. The Balaban J connectivity index is 2.11. The molecular formula is C15H21NO7S. The van der Waals surface area contributed by atoms with E-state index in [2.05, 4.69) is 4.18 Å². The van der Waals surface area contributed by atoms with E-state index in [9.17, 15) is 9.00 Å². The second kappa shape index (κ2) is 9.09. The summed E-state index contributed by atoms with van der Waals surface area (Å²) < 4.78 is 29.8. The minimum Gasteiger partial charge on any atom is -0.493 e. The SMILES string of the molecule is CCON(COS(=O)O)Cc1ccc(C(=O)O)cc1OCC1CC1. The van der Waals surface area contributed by atoms with E-state index in [1.54, 1.807) is 13.0 Å². The molecule has 1 aliphatic carbocycles. The third-order valence-electron chi connectivity index (χ3n) is 3.44. The first-order valence-corrected chi connectivity index (χ1v) is 8.63. The van der Waals surface area contributed by atoms with Crippen LogP contribution in [0.4, 0.5) is 0 Å². The van der Waals surface area contributed by atoms with E-state index in [0.717, 1.165) is 12.8 Å². The van der Waals surface area contributed by atoms with Crippen LogP contribution in [0, 0.1) is 5.92 Å². The summed E-state index contributed by atoms with van der Waals surface area (Å²) in [4.78, 5) is 16.5. The fraction of sp³-hybridized carbons (Fsp3) is 0.533. The van der Waals surface area contributed by atoms with Crippen LogP contribution in [-0.4, -0.2) is 44.8 Å². The Morgan fingerprint density at radius 3 is 2.75 bits per heavy atom. The summed E-state index contributed by atoms with van der Waals surface area (Å²) in [6.45, 7) is 2.69. The van der Waals surface area contributed by atoms with E-state index in [0.29, 0.717) is 30.4 Å². The summed E-state index contributed by atoms with van der Waals surface area (Å²) in [5, 5.41) is 10.5. The molecule has 24 heavy (non-hydrogen) atoms. The fourth-order valence-corrected chi connectivity index (χ4v) is 2.26. The number of aromatic carboxylic acids is 1. The Bertz CT molecular complexity index is 591. The van der Waals surface area contributed by atoms with Crippen molar-refractivity contribution >= 4 is 17.3 Å². The average Bonchev–Trinajstić information content (AvgIpc) is 3.35. The quantitative estimate of drug-likeness (QED) is 0.351. The first kappa shape index (κ1) is 18.8. The molecule has 1 aromatic carbocycles. The molecule has 0 radical (unpaired) electrons. The highest BCUT2D eigenvalue weighted by atomic mass is 32.2. The van der Waals surface area contributed by atoms with Gasteiger partial charge in [-0.1, -0.05) is 6.07 Å². The molecule has 0 aromatic heterocycles. The van der Waals surface area contributed by atoms with Gasteiger partial charge < -0.3 is 9.84 Å².